The summed E-state index contributed by atoms with van der Waals surface area (Å²) in [7, 11) is 0. The van der Waals surface area contributed by atoms with E-state index in [-0.39, 0.29) is 5.54 Å². The van der Waals surface area contributed by atoms with E-state index >= 15 is 0 Å². The second-order valence-corrected chi connectivity index (χ2v) is 5.04. The van der Waals surface area contributed by atoms with Crippen LogP contribution in [-0.2, 0) is 4.74 Å². The first-order valence-electron chi connectivity index (χ1n) is 5.05. The molecule has 0 aromatic rings. The molecular formula is C10H20BrNO. The van der Waals surface area contributed by atoms with Crippen molar-refractivity contribution in [3.8, 4) is 0 Å². The topological polar surface area (TPSA) is 12.5 Å². The van der Waals surface area contributed by atoms with E-state index in [1.54, 1.807) is 0 Å². The van der Waals surface area contributed by atoms with E-state index in [9.17, 15) is 0 Å². The van der Waals surface area contributed by atoms with Crippen molar-refractivity contribution in [1.29, 1.82) is 0 Å². The summed E-state index contributed by atoms with van der Waals surface area (Å²) in [6.07, 6.45) is 2.56. The van der Waals surface area contributed by atoms with E-state index in [1.165, 1.54) is 19.4 Å². The van der Waals surface area contributed by atoms with Gasteiger partial charge in [0.2, 0.25) is 0 Å². The van der Waals surface area contributed by atoms with Gasteiger partial charge in [0.15, 0.2) is 0 Å². The minimum absolute atomic E-state index is 0.241. The number of unbranched alkanes of at least 4 members (excludes halogenated alkanes) is 1. The predicted molar refractivity (Wildman–Crippen MR) is 59.5 cm³/mol. The molecule has 0 bridgehead atoms. The molecule has 1 heterocycles. The maximum absolute atomic E-state index is 5.47. The molecule has 0 amide bonds. The lowest BCUT2D eigenvalue weighted by atomic mass is 10.0. The average Bonchev–Trinajstić information content (AvgIpc) is 2.08. The zero-order valence-electron chi connectivity index (χ0n) is 8.68. The normalized spacial score (nSPS) is 23.3. The molecule has 1 rings (SSSR count). The Bertz CT molecular complexity index is 150. The Labute approximate surface area is 89.8 Å². The van der Waals surface area contributed by atoms with Crippen LogP contribution in [0.5, 0.6) is 0 Å². The van der Waals surface area contributed by atoms with E-state index < -0.39 is 0 Å². The van der Waals surface area contributed by atoms with Crippen LogP contribution in [0.4, 0.5) is 0 Å². The van der Waals surface area contributed by atoms with Crippen LogP contribution in [0.2, 0.25) is 0 Å². The molecule has 0 aromatic heterocycles. The number of alkyl halides is 1. The van der Waals surface area contributed by atoms with Gasteiger partial charge in [-0.1, -0.05) is 15.9 Å². The van der Waals surface area contributed by atoms with Crippen LogP contribution in [0.15, 0.2) is 0 Å². The lowest BCUT2D eigenvalue weighted by Gasteiger charge is -2.42. The van der Waals surface area contributed by atoms with E-state index in [4.69, 9.17) is 4.74 Å². The van der Waals surface area contributed by atoms with Crippen LogP contribution in [-0.4, -0.2) is 42.1 Å². The van der Waals surface area contributed by atoms with E-state index in [1.807, 2.05) is 0 Å². The molecule has 1 aliphatic rings. The van der Waals surface area contributed by atoms with Gasteiger partial charge in [0.1, 0.15) is 0 Å². The molecule has 0 radical (unpaired) electrons. The molecule has 13 heavy (non-hydrogen) atoms. The smallest absolute Gasteiger partial charge is 0.0645 e. The standard InChI is InChI=1S/C10H20BrNO/c1-10(2)9-13-8-7-12(10)6-4-3-5-11/h3-9H2,1-2H3. The van der Waals surface area contributed by atoms with Crippen molar-refractivity contribution in [1.82, 2.24) is 4.90 Å². The second-order valence-electron chi connectivity index (χ2n) is 4.25. The minimum Gasteiger partial charge on any atom is -0.378 e. The Hall–Kier alpha value is 0.400. The first-order valence-corrected chi connectivity index (χ1v) is 6.18. The Kier molecular flexibility index (Phi) is 4.70. The monoisotopic (exact) mass is 249 g/mol. The number of nitrogens with zero attached hydrogens (tertiary/aromatic N) is 1. The second kappa shape index (κ2) is 5.32. The number of hydrogen-bond donors (Lipinski definition) is 0. The molecule has 0 aliphatic carbocycles. The van der Waals surface area contributed by atoms with Gasteiger partial charge in [0, 0.05) is 17.4 Å². The van der Waals surface area contributed by atoms with Gasteiger partial charge in [-0.15, -0.1) is 0 Å². The molecule has 1 aliphatic heterocycles. The molecule has 0 N–H and O–H groups in total. The molecule has 3 heteroatoms. The summed E-state index contributed by atoms with van der Waals surface area (Å²) in [6, 6.07) is 0. The van der Waals surface area contributed by atoms with Gasteiger partial charge in [-0.2, -0.15) is 0 Å². The molecule has 1 saturated heterocycles. The third-order valence-corrected chi connectivity index (χ3v) is 3.19. The Morgan fingerprint density at radius 1 is 1.38 bits per heavy atom. The number of ether oxygens (including phenoxy) is 1. The first kappa shape index (κ1) is 11.5. The minimum atomic E-state index is 0.241. The summed E-state index contributed by atoms with van der Waals surface area (Å²) in [5.74, 6) is 0. The molecule has 0 spiro atoms. The molecular weight excluding hydrogens is 230 g/mol. The van der Waals surface area contributed by atoms with Crippen molar-refractivity contribution in [3.63, 3.8) is 0 Å². The number of rotatable bonds is 4. The Balaban J connectivity index is 2.29. The fourth-order valence-electron chi connectivity index (χ4n) is 1.70. The Morgan fingerprint density at radius 2 is 2.15 bits per heavy atom. The van der Waals surface area contributed by atoms with Crippen LogP contribution in [0.25, 0.3) is 0 Å². The van der Waals surface area contributed by atoms with E-state index in [0.717, 1.165) is 25.1 Å². The van der Waals surface area contributed by atoms with Crippen LogP contribution < -0.4 is 0 Å². The summed E-state index contributed by atoms with van der Waals surface area (Å²) < 4.78 is 5.47. The van der Waals surface area contributed by atoms with Crippen molar-refractivity contribution < 1.29 is 4.74 Å². The Morgan fingerprint density at radius 3 is 2.77 bits per heavy atom. The zero-order chi connectivity index (χ0) is 9.73. The lowest BCUT2D eigenvalue weighted by Crippen LogP contribution is -2.53. The van der Waals surface area contributed by atoms with Gasteiger partial charge >= 0.3 is 0 Å². The van der Waals surface area contributed by atoms with Crippen LogP contribution in [0.1, 0.15) is 26.7 Å². The highest BCUT2D eigenvalue weighted by molar-refractivity contribution is 9.09. The zero-order valence-corrected chi connectivity index (χ0v) is 10.3. The van der Waals surface area contributed by atoms with Crippen molar-refractivity contribution in [2.45, 2.75) is 32.2 Å². The third kappa shape index (κ3) is 3.56. The summed E-state index contributed by atoms with van der Waals surface area (Å²) in [6.45, 7) is 8.61. The highest BCUT2D eigenvalue weighted by Crippen LogP contribution is 2.19. The van der Waals surface area contributed by atoms with Crippen molar-refractivity contribution in [2.24, 2.45) is 0 Å². The largest absolute Gasteiger partial charge is 0.378 e. The first-order chi connectivity index (χ1) is 6.17. The lowest BCUT2D eigenvalue weighted by molar-refractivity contribution is -0.0511. The van der Waals surface area contributed by atoms with Crippen molar-refractivity contribution in [3.05, 3.63) is 0 Å². The predicted octanol–water partition coefficient (Wildman–Crippen LogP) is 2.27. The van der Waals surface area contributed by atoms with Crippen LogP contribution >= 0.6 is 15.9 Å². The van der Waals surface area contributed by atoms with Gasteiger partial charge in [0.05, 0.1) is 13.2 Å². The molecule has 0 saturated carbocycles. The summed E-state index contributed by atoms with van der Waals surface area (Å²) in [5.41, 5.74) is 0.241. The molecule has 1 fully saturated rings. The number of halogens is 1. The summed E-state index contributed by atoms with van der Waals surface area (Å²) in [4.78, 5) is 2.54. The van der Waals surface area contributed by atoms with Crippen molar-refractivity contribution in [2.75, 3.05) is 31.6 Å². The summed E-state index contributed by atoms with van der Waals surface area (Å²) >= 11 is 3.46. The molecule has 0 aromatic carbocycles. The maximum Gasteiger partial charge on any atom is 0.0645 e. The van der Waals surface area contributed by atoms with E-state index in [2.05, 4.69) is 34.7 Å². The number of hydrogen-bond acceptors (Lipinski definition) is 2. The molecule has 2 nitrogen and oxygen atoms in total. The molecule has 78 valence electrons. The highest BCUT2D eigenvalue weighted by atomic mass is 79.9. The third-order valence-electron chi connectivity index (χ3n) is 2.63. The number of morpholine rings is 1. The average molecular weight is 250 g/mol. The van der Waals surface area contributed by atoms with Crippen molar-refractivity contribution >= 4 is 15.9 Å². The molecule has 0 atom stereocenters. The highest BCUT2D eigenvalue weighted by Gasteiger charge is 2.29. The van der Waals surface area contributed by atoms with Gasteiger partial charge < -0.3 is 4.74 Å². The van der Waals surface area contributed by atoms with Gasteiger partial charge in [-0.05, 0) is 33.2 Å². The quantitative estimate of drug-likeness (QED) is 0.560. The SMILES string of the molecule is CC1(C)COCCN1CCCCBr. The fourth-order valence-corrected chi connectivity index (χ4v) is 2.10. The van der Waals surface area contributed by atoms with E-state index in [0.29, 0.717) is 0 Å². The van der Waals surface area contributed by atoms with Crippen LogP contribution in [0.3, 0.4) is 0 Å². The van der Waals surface area contributed by atoms with Gasteiger partial charge in [0.25, 0.3) is 0 Å². The molecule has 0 unspecified atom stereocenters. The van der Waals surface area contributed by atoms with Gasteiger partial charge in [-0.25, -0.2) is 0 Å². The summed E-state index contributed by atoms with van der Waals surface area (Å²) in [5, 5.41) is 1.12. The van der Waals surface area contributed by atoms with Crippen LogP contribution in [0, 0.1) is 0 Å². The maximum atomic E-state index is 5.47. The fraction of sp³-hybridized carbons (Fsp3) is 1.00. The van der Waals surface area contributed by atoms with Gasteiger partial charge in [-0.3, -0.25) is 4.90 Å².